The molecule has 11 nitrogen and oxygen atoms in total. The van der Waals surface area contributed by atoms with E-state index in [-0.39, 0.29) is 18.0 Å². The maximum atomic E-state index is 15.1. The summed E-state index contributed by atoms with van der Waals surface area (Å²) < 4.78 is 16.7. The van der Waals surface area contributed by atoms with Crippen LogP contribution in [0.1, 0.15) is 24.7 Å². The number of anilines is 1. The maximum Gasteiger partial charge on any atom is 0.407 e. The van der Waals surface area contributed by atoms with Gasteiger partial charge in [0.1, 0.15) is 17.7 Å². The number of nitrogens with one attached hydrogen (secondary N) is 1. The van der Waals surface area contributed by atoms with E-state index in [9.17, 15) is 9.90 Å². The van der Waals surface area contributed by atoms with E-state index in [1.165, 1.54) is 16.0 Å². The number of hydroxylamine groups is 1. The van der Waals surface area contributed by atoms with Crippen LogP contribution in [0.4, 0.5) is 14.9 Å². The Balaban J connectivity index is 1.14. The number of hydrogen-bond acceptors (Lipinski definition) is 7. The third-order valence-corrected chi connectivity index (χ3v) is 6.66. The summed E-state index contributed by atoms with van der Waals surface area (Å²) in [4.78, 5) is 31.2. The summed E-state index contributed by atoms with van der Waals surface area (Å²) in [7, 11) is 0. The summed E-state index contributed by atoms with van der Waals surface area (Å²) in [5, 5.41) is 18.6. The number of imidazole rings is 1. The molecule has 2 aromatic heterocycles. The molecule has 0 bridgehead atoms. The van der Waals surface area contributed by atoms with Crippen LogP contribution in [0.25, 0.3) is 22.4 Å². The van der Waals surface area contributed by atoms with Gasteiger partial charge >= 0.3 is 6.09 Å². The fraction of sp³-hybridized carbons (Fsp3) is 0.280. The van der Waals surface area contributed by atoms with Crippen molar-refractivity contribution in [1.29, 1.82) is 0 Å². The van der Waals surface area contributed by atoms with Crippen LogP contribution in [0.2, 0.25) is 0 Å². The number of nitrogens with zero attached hydrogens (tertiary/aromatic N) is 6. The average Bonchev–Trinajstić information content (AvgIpc) is 3.72. The van der Waals surface area contributed by atoms with Gasteiger partial charge in [-0.15, -0.1) is 10.1 Å². The highest BCUT2D eigenvalue weighted by atomic mass is 19.1. The van der Waals surface area contributed by atoms with Crippen LogP contribution in [-0.4, -0.2) is 60.3 Å². The van der Waals surface area contributed by atoms with E-state index in [4.69, 9.17) is 9.88 Å². The van der Waals surface area contributed by atoms with E-state index in [1.54, 1.807) is 35.4 Å². The Hall–Kier alpha value is -4.29. The minimum Gasteiger partial charge on any atom is -0.465 e. The van der Waals surface area contributed by atoms with Crippen LogP contribution in [-0.2, 0) is 16.4 Å². The highest BCUT2D eigenvalue weighted by Crippen LogP contribution is 2.33. The largest absolute Gasteiger partial charge is 0.465 e. The molecule has 2 saturated heterocycles. The van der Waals surface area contributed by atoms with Crippen molar-refractivity contribution in [3.8, 4) is 22.4 Å². The fourth-order valence-corrected chi connectivity index (χ4v) is 4.79. The van der Waals surface area contributed by atoms with Crippen LogP contribution in [0, 0.1) is 5.82 Å². The van der Waals surface area contributed by atoms with Crippen LogP contribution >= 0.6 is 0 Å². The quantitative estimate of drug-likeness (QED) is 0.377. The van der Waals surface area contributed by atoms with Crippen molar-refractivity contribution in [1.82, 2.24) is 29.9 Å². The molecule has 1 amide bonds. The third-order valence-electron chi connectivity index (χ3n) is 6.66. The van der Waals surface area contributed by atoms with Crippen molar-refractivity contribution in [3.63, 3.8) is 0 Å². The van der Waals surface area contributed by atoms with Crippen molar-refractivity contribution in [2.24, 2.45) is 0 Å². The zero-order valence-corrected chi connectivity index (χ0v) is 19.7. The number of amides is 1. The zero-order chi connectivity index (χ0) is 25.4. The van der Waals surface area contributed by atoms with Crippen LogP contribution in [0.3, 0.4) is 0 Å². The van der Waals surface area contributed by atoms with Gasteiger partial charge in [0.15, 0.2) is 0 Å². The minimum absolute atomic E-state index is 0.263. The van der Waals surface area contributed by atoms with Crippen molar-refractivity contribution >= 4 is 11.8 Å². The number of halogens is 1. The van der Waals surface area contributed by atoms with Gasteiger partial charge in [-0.2, -0.15) is 0 Å². The van der Waals surface area contributed by atoms with E-state index in [2.05, 4.69) is 20.3 Å². The Morgan fingerprint density at radius 3 is 2.78 bits per heavy atom. The smallest absolute Gasteiger partial charge is 0.407 e. The molecule has 37 heavy (non-hydrogen) atoms. The summed E-state index contributed by atoms with van der Waals surface area (Å²) in [6.07, 6.45) is 5.38. The predicted octanol–water partition coefficient (Wildman–Crippen LogP) is 4.04. The normalized spacial score (nSPS) is 19.6. The maximum absolute atomic E-state index is 15.1. The monoisotopic (exact) mass is 505 g/mol. The Bertz CT molecular complexity index is 1390. The van der Waals surface area contributed by atoms with Gasteiger partial charge in [0.25, 0.3) is 0 Å². The molecule has 4 heterocycles. The Kier molecular flexibility index (Phi) is 6.02. The molecule has 2 N–H and O–H groups in total. The molecule has 0 aliphatic carbocycles. The SMILES string of the molecule is O=C(O)N1CCCC1c1ncc(-c2ccc(-c3ccc(N4CC(Cn5ccnn5)OO4)cc3F)cc2)[nH]1. The third kappa shape index (κ3) is 4.63. The number of H-pyrrole nitrogens is 1. The molecule has 190 valence electrons. The van der Waals surface area contributed by atoms with Crippen LogP contribution in [0.15, 0.2) is 61.1 Å². The standard InChI is InChI=1S/C25H24FN7O4/c26-21-12-18(33-15-19(36-37-33)14-31-11-9-28-30-31)7-8-20(21)16-3-5-17(6-4-16)22-13-27-24(29-22)23-2-1-10-32(23)25(34)35/h3-9,11-13,19,23H,1-2,10,14-15H2,(H,27,29)(H,34,35). The van der Waals surface area contributed by atoms with Gasteiger partial charge in [0.2, 0.25) is 0 Å². The number of aromatic nitrogens is 5. The molecular formula is C25H24FN7O4. The first kappa shape index (κ1) is 23.1. The molecule has 2 aliphatic rings. The first-order valence-electron chi connectivity index (χ1n) is 11.9. The summed E-state index contributed by atoms with van der Waals surface area (Å²) >= 11 is 0. The van der Waals surface area contributed by atoms with Crippen molar-refractivity contribution < 1.29 is 24.2 Å². The molecule has 2 unspecified atom stereocenters. The van der Waals surface area contributed by atoms with Gasteiger partial charge in [-0.1, -0.05) is 29.5 Å². The van der Waals surface area contributed by atoms with Gasteiger partial charge in [0, 0.05) is 24.4 Å². The number of likely N-dealkylation sites (tertiary alicyclic amines) is 1. The molecule has 0 radical (unpaired) electrons. The lowest BCUT2D eigenvalue weighted by Crippen LogP contribution is -2.29. The zero-order valence-electron chi connectivity index (χ0n) is 19.7. The molecule has 4 aromatic rings. The first-order valence-corrected chi connectivity index (χ1v) is 11.9. The number of rotatable bonds is 6. The fourth-order valence-electron chi connectivity index (χ4n) is 4.79. The molecule has 12 heteroatoms. The lowest BCUT2D eigenvalue weighted by atomic mass is 10.0. The molecule has 0 spiro atoms. The van der Waals surface area contributed by atoms with Gasteiger partial charge in [0.05, 0.1) is 42.9 Å². The van der Waals surface area contributed by atoms with Crippen LogP contribution < -0.4 is 5.06 Å². The second-order valence-corrected chi connectivity index (χ2v) is 9.04. The van der Waals surface area contributed by atoms with Gasteiger partial charge in [-0.3, -0.25) is 4.90 Å². The topological polar surface area (TPSA) is 122 Å². The Morgan fingerprint density at radius 1 is 1.19 bits per heavy atom. The number of carbonyl (C=O) groups is 1. The number of benzene rings is 2. The number of hydrogen-bond donors (Lipinski definition) is 2. The van der Waals surface area contributed by atoms with Crippen molar-refractivity contribution in [2.45, 2.75) is 31.5 Å². The van der Waals surface area contributed by atoms with Crippen molar-refractivity contribution in [3.05, 3.63) is 72.7 Å². The summed E-state index contributed by atoms with van der Waals surface area (Å²) in [5.74, 6) is 0.254. The second kappa shape index (κ2) is 9.64. The molecular weight excluding hydrogens is 481 g/mol. The number of aromatic amines is 1. The second-order valence-electron chi connectivity index (χ2n) is 9.04. The molecule has 0 saturated carbocycles. The van der Waals surface area contributed by atoms with Crippen molar-refractivity contribution in [2.75, 3.05) is 18.2 Å². The molecule has 2 aromatic carbocycles. The van der Waals surface area contributed by atoms with E-state index >= 15 is 4.39 Å². The first-order chi connectivity index (χ1) is 18.0. The van der Waals surface area contributed by atoms with Gasteiger partial charge < -0.3 is 10.1 Å². The van der Waals surface area contributed by atoms with E-state index in [0.717, 1.165) is 29.7 Å². The highest BCUT2D eigenvalue weighted by molar-refractivity contribution is 5.71. The van der Waals surface area contributed by atoms with Gasteiger partial charge in [-0.25, -0.2) is 28.8 Å². The Morgan fingerprint density at radius 2 is 2.03 bits per heavy atom. The summed E-state index contributed by atoms with van der Waals surface area (Å²) in [5.41, 5.74) is 3.39. The summed E-state index contributed by atoms with van der Waals surface area (Å²) in [6, 6.07) is 12.1. The molecule has 2 aliphatic heterocycles. The highest BCUT2D eigenvalue weighted by Gasteiger charge is 2.32. The molecule has 2 atom stereocenters. The predicted molar refractivity (Wildman–Crippen MR) is 129 cm³/mol. The Labute approximate surface area is 210 Å². The van der Waals surface area contributed by atoms with Gasteiger partial charge in [-0.05, 0) is 36.1 Å². The van der Waals surface area contributed by atoms with E-state index < -0.39 is 6.09 Å². The summed E-state index contributed by atoms with van der Waals surface area (Å²) in [6.45, 7) is 1.40. The van der Waals surface area contributed by atoms with Crippen LogP contribution in [0.5, 0.6) is 0 Å². The van der Waals surface area contributed by atoms with E-state index in [1.807, 2.05) is 24.3 Å². The average molecular weight is 506 g/mol. The molecule has 6 rings (SSSR count). The minimum atomic E-state index is -0.937. The molecule has 2 fully saturated rings. The lowest BCUT2D eigenvalue weighted by molar-refractivity contribution is -0.284. The van der Waals surface area contributed by atoms with E-state index in [0.29, 0.717) is 36.7 Å². The number of carboxylic acid groups (broad SMARTS) is 1. The lowest BCUT2D eigenvalue weighted by Gasteiger charge is -2.19.